The summed E-state index contributed by atoms with van der Waals surface area (Å²) in [5.74, 6) is -0.187. The number of hydrogen-bond donors (Lipinski definition) is 0. The molecule has 0 saturated carbocycles. The van der Waals surface area contributed by atoms with Crippen molar-refractivity contribution in [2.75, 3.05) is 7.05 Å². The first kappa shape index (κ1) is 13.8. The van der Waals surface area contributed by atoms with Crippen LogP contribution in [0.5, 0.6) is 0 Å². The van der Waals surface area contributed by atoms with Gasteiger partial charge in [-0.1, -0.05) is 18.2 Å². The van der Waals surface area contributed by atoms with Crippen molar-refractivity contribution in [2.45, 2.75) is 43.9 Å². The molecule has 3 heterocycles. The zero-order valence-corrected chi connectivity index (χ0v) is 13.2. The van der Waals surface area contributed by atoms with E-state index in [0.29, 0.717) is 17.8 Å². The fourth-order valence-electron chi connectivity index (χ4n) is 4.15. The van der Waals surface area contributed by atoms with E-state index in [0.717, 1.165) is 23.7 Å². The number of aryl methyl sites for hydroxylation is 1. The van der Waals surface area contributed by atoms with E-state index in [1.54, 1.807) is 0 Å². The van der Waals surface area contributed by atoms with Crippen LogP contribution in [0.2, 0.25) is 0 Å². The number of aromatic nitrogens is 1. The quantitative estimate of drug-likeness (QED) is 0.800. The summed E-state index contributed by atoms with van der Waals surface area (Å²) in [4.78, 5) is 15.0. The maximum atomic E-state index is 12.6. The van der Waals surface area contributed by atoms with Crippen molar-refractivity contribution < 1.29 is 9.53 Å². The predicted molar refractivity (Wildman–Crippen MR) is 85.9 cm³/mol. The summed E-state index contributed by atoms with van der Waals surface area (Å²) < 4.78 is 7.76. The minimum Gasteiger partial charge on any atom is -0.458 e. The first-order valence-corrected chi connectivity index (χ1v) is 8.11. The van der Waals surface area contributed by atoms with Crippen molar-refractivity contribution in [3.8, 4) is 0 Å². The predicted octanol–water partition coefficient (Wildman–Crippen LogP) is 2.96. The molecule has 2 fully saturated rings. The van der Waals surface area contributed by atoms with Crippen LogP contribution in [0.25, 0.3) is 10.9 Å². The molecule has 0 spiro atoms. The number of carbonyl (C=O) groups is 1. The maximum absolute atomic E-state index is 12.6. The van der Waals surface area contributed by atoms with Gasteiger partial charge in [0.1, 0.15) is 11.8 Å². The molecule has 2 saturated heterocycles. The summed E-state index contributed by atoms with van der Waals surface area (Å²) in [5.41, 5.74) is 1.71. The summed E-state index contributed by atoms with van der Waals surface area (Å²) in [6, 6.07) is 11.1. The molecule has 4 rings (SSSR count). The van der Waals surface area contributed by atoms with E-state index >= 15 is 0 Å². The van der Waals surface area contributed by atoms with Gasteiger partial charge in [-0.15, -0.1) is 0 Å². The van der Waals surface area contributed by atoms with E-state index in [9.17, 15) is 4.79 Å². The Bertz CT molecular complexity index is 707. The minimum absolute atomic E-state index is 0.0687. The zero-order chi connectivity index (χ0) is 15.3. The van der Waals surface area contributed by atoms with Gasteiger partial charge in [-0.3, -0.25) is 0 Å². The molecule has 22 heavy (non-hydrogen) atoms. The molecule has 2 aliphatic rings. The van der Waals surface area contributed by atoms with Crippen LogP contribution in [0.15, 0.2) is 30.3 Å². The molecule has 116 valence electrons. The molecule has 1 aromatic carbocycles. The molecule has 1 aromatic heterocycles. The number of ether oxygens (including phenoxy) is 1. The normalized spacial score (nSPS) is 28.2. The van der Waals surface area contributed by atoms with Crippen molar-refractivity contribution in [3.63, 3.8) is 0 Å². The van der Waals surface area contributed by atoms with Crippen LogP contribution in [0, 0.1) is 0 Å². The number of piperidine rings is 1. The highest BCUT2D eigenvalue weighted by Gasteiger charge is 2.40. The number of para-hydroxylation sites is 1. The van der Waals surface area contributed by atoms with Crippen LogP contribution < -0.4 is 0 Å². The van der Waals surface area contributed by atoms with Crippen molar-refractivity contribution in [1.29, 1.82) is 0 Å². The van der Waals surface area contributed by atoms with Gasteiger partial charge in [0.15, 0.2) is 0 Å². The minimum atomic E-state index is -0.187. The summed E-state index contributed by atoms with van der Waals surface area (Å²) in [5, 5.41) is 1.08. The van der Waals surface area contributed by atoms with Crippen LogP contribution in [-0.4, -0.2) is 40.7 Å². The Morgan fingerprint density at radius 2 is 1.82 bits per heavy atom. The number of hydrogen-bond acceptors (Lipinski definition) is 3. The van der Waals surface area contributed by atoms with Crippen LogP contribution in [0.4, 0.5) is 0 Å². The van der Waals surface area contributed by atoms with Gasteiger partial charge in [0.05, 0.1) is 0 Å². The van der Waals surface area contributed by atoms with Crippen molar-refractivity contribution in [3.05, 3.63) is 36.0 Å². The second kappa shape index (κ2) is 5.13. The average Bonchev–Trinajstić information content (AvgIpc) is 2.93. The third-order valence-electron chi connectivity index (χ3n) is 5.49. The van der Waals surface area contributed by atoms with Crippen molar-refractivity contribution >= 4 is 16.9 Å². The molecule has 0 aliphatic carbocycles. The molecule has 2 bridgehead atoms. The molecule has 2 aliphatic heterocycles. The zero-order valence-electron chi connectivity index (χ0n) is 13.2. The second-order valence-electron chi connectivity index (χ2n) is 6.70. The maximum Gasteiger partial charge on any atom is 0.355 e. The number of esters is 1. The fourth-order valence-corrected chi connectivity index (χ4v) is 4.15. The van der Waals surface area contributed by atoms with Crippen LogP contribution in [0.1, 0.15) is 36.2 Å². The standard InChI is InChI=1S/C18H22N2O2/c1-19-13-7-8-14(19)11-15(10-13)22-18(21)17-9-12-5-3-4-6-16(12)20(17)2/h3-6,9,13-15H,7-8,10-11H2,1-2H3/t13-,14+,15?. The number of nitrogens with zero attached hydrogens (tertiary/aromatic N) is 2. The summed E-state index contributed by atoms with van der Waals surface area (Å²) >= 11 is 0. The van der Waals surface area contributed by atoms with Crippen LogP contribution >= 0.6 is 0 Å². The van der Waals surface area contributed by atoms with E-state index in [-0.39, 0.29) is 12.1 Å². The highest BCUT2D eigenvalue weighted by atomic mass is 16.5. The molecule has 0 N–H and O–H groups in total. The van der Waals surface area contributed by atoms with Gasteiger partial charge < -0.3 is 14.2 Å². The molecule has 0 radical (unpaired) electrons. The highest BCUT2D eigenvalue weighted by Crippen LogP contribution is 2.35. The third-order valence-corrected chi connectivity index (χ3v) is 5.49. The number of benzene rings is 1. The Morgan fingerprint density at radius 3 is 2.50 bits per heavy atom. The molecule has 2 aromatic rings. The topological polar surface area (TPSA) is 34.5 Å². The molecule has 1 unspecified atom stereocenters. The first-order valence-electron chi connectivity index (χ1n) is 8.11. The highest BCUT2D eigenvalue weighted by molar-refractivity contribution is 5.95. The second-order valence-corrected chi connectivity index (χ2v) is 6.70. The van der Waals surface area contributed by atoms with Gasteiger partial charge in [-0.25, -0.2) is 4.79 Å². The van der Waals surface area contributed by atoms with Crippen LogP contribution in [0.3, 0.4) is 0 Å². The van der Waals surface area contributed by atoms with Crippen molar-refractivity contribution in [2.24, 2.45) is 7.05 Å². The average molecular weight is 298 g/mol. The lowest BCUT2D eigenvalue weighted by atomic mass is 10.0. The van der Waals surface area contributed by atoms with Gasteiger partial charge in [0.25, 0.3) is 0 Å². The van der Waals surface area contributed by atoms with E-state index in [1.807, 2.05) is 41.9 Å². The van der Waals surface area contributed by atoms with E-state index < -0.39 is 0 Å². The molecule has 0 amide bonds. The van der Waals surface area contributed by atoms with E-state index in [4.69, 9.17) is 4.74 Å². The summed E-state index contributed by atoms with van der Waals surface area (Å²) in [6.07, 6.45) is 4.50. The summed E-state index contributed by atoms with van der Waals surface area (Å²) in [6.45, 7) is 0. The van der Waals surface area contributed by atoms with E-state index in [2.05, 4.69) is 11.9 Å². The summed E-state index contributed by atoms with van der Waals surface area (Å²) in [7, 11) is 4.13. The van der Waals surface area contributed by atoms with Gasteiger partial charge in [-0.05, 0) is 32.0 Å². The SMILES string of the molecule is CN1[C@@H]2CC[C@H]1CC(OC(=O)c1cc3ccccc3n1C)C2. The first-order chi connectivity index (χ1) is 10.6. The molecule has 3 atom stereocenters. The number of fused-ring (bicyclic) bond motifs is 3. The van der Waals surface area contributed by atoms with Gasteiger partial charge in [0.2, 0.25) is 0 Å². The van der Waals surface area contributed by atoms with Crippen molar-refractivity contribution in [1.82, 2.24) is 9.47 Å². The van der Waals surface area contributed by atoms with Gasteiger partial charge in [-0.2, -0.15) is 0 Å². The Morgan fingerprint density at radius 1 is 1.14 bits per heavy atom. The number of carbonyl (C=O) groups excluding carboxylic acids is 1. The third kappa shape index (κ3) is 2.13. The Kier molecular flexibility index (Phi) is 3.22. The molecular formula is C18H22N2O2. The lowest BCUT2D eigenvalue weighted by Crippen LogP contribution is -2.43. The Labute approximate surface area is 130 Å². The van der Waals surface area contributed by atoms with Gasteiger partial charge >= 0.3 is 5.97 Å². The van der Waals surface area contributed by atoms with Gasteiger partial charge in [0, 0.05) is 42.9 Å². The fraction of sp³-hybridized carbons (Fsp3) is 0.500. The monoisotopic (exact) mass is 298 g/mol. The largest absolute Gasteiger partial charge is 0.458 e. The molecular weight excluding hydrogens is 276 g/mol. The molecule has 4 nitrogen and oxygen atoms in total. The lowest BCUT2D eigenvalue weighted by molar-refractivity contribution is -0.00125. The molecule has 4 heteroatoms. The van der Waals surface area contributed by atoms with Crippen LogP contribution in [-0.2, 0) is 11.8 Å². The number of rotatable bonds is 2. The Hall–Kier alpha value is -1.81. The smallest absolute Gasteiger partial charge is 0.355 e. The Balaban J connectivity index is 1.53. The van der Waals surface area contributed by atoms with E-state index in [1.165, 1.54) is 12.8 Å². The lowest BCUT2D eigenvalue weighted by Gasteiger charge is -2.35.